The van der Waals surface area contributed by atoms with E-state index in [1.807, 2.05) is 25.7 Å². The second-order valence-electron chi connectivity index (χ2n) is 5.10. The molecule has 13 heavy (non-hydrogen) atoms. The average molecular weight is 184 g/mol. The van der Waals surface area contributed by atoms with Crippen LogP contribution in [0.3, 0.4) is 0 Å². The lowest BCUT2D eigenvalue weighted by Gasteiger charge is -2.25. The van der Waals surface area contributed by atoms with Gasteiger partial charge < -0.3 is 10.6 Å². The van der Waals surface area contributed by atoms with Crippen molar-refractivity contribution in [3.8, 4) is 0 Å². The summed E-state index contributed by atoms with van der Waals surface area (Å²) in [5.74, 6) is 0.651. The van der Waals surface area contributed by atoms with Crippen LogP contribution in [0.2, 0.25) is 0 Å². The van der Waals surface area contributed by atoms with E-state index in [1.54, 1.807) is 0 Å². The van der Waals surface area contributed by atoms with Crippen molar-refractivity contribution in [3.05, 3.63) is 0 Å². The molecule has 0 aromatic carbocycles. The highest BCUT2D eigenvalue weighted by atomic mass is 16.2. The molecule has 1 rings (SSSR count). The molecule has 3 heteroatoms. The topological polar surface area (TPSA) is 46.3 Å². The fourth-order valence-corrected chi connectivity index (χ4v) is 1.63. The van der Waals surface area contributed by atoms with Crippen LogP contribution in [-0.4, -0.2) is 29.9 Å². The zero-order valence-corrected chi connectivity index (χ0v) is 9.00. The lowest BCUT2D eigenvalue weighted by atomic mass is 9.95. The molecule has 0 saturated carbocycles. The lowest BCUT2D eigenvalue weighted by Crippen LogP contribution is -2.39. The maximum atomic E-state index is 11.8. The first-order valence-corrected chi connectivity index (χ1v) is 4.87. The molecular formula is C10H20N2O. The monoisotopic (exact) mass is 184 g/mol. The van der Waals surface area contributed by atoms with E-state index in [4.69, 9.17) is 5.73 Å². The van der Waals surface area contributed by atoms with Crippen molar-refractivity contribution in [2.45, 2.75) is 33.7 Å². The third-order valence-corrected chi connectivity index (χ3v) is 2.60. The summed E-state index contributed by atoms with van der Waals surface area (Å²) in [5.41, 5.74) is 5.58. The minimum atomic E-state index is -0.274. The molecule has 1 heterocycles. The molecule has 2 unspecified atom stereocenters. The van der Waals surface area contributed by atoms with E-state index < -0.39 is 0 Å². The van der Waals surface area contributed by atoms with Gasteiger partial charge in [0.2, 0.25) is 5.91 Å². The van der Waals surface area contributed by atoms with Gasteiger partial charge in [-0.05, 0) is 5.92 Å². The highest BCUT2D eigenvalue weighted by Crippen LogP contribution is 2.22. The number of carbonyl (C=O) groups is 1. The molecule has 0 bridgehead atoms. The molecule has 3 nitrogen and oxygen atoms in total. The summed E-state index contributed by atoms with van der Waals surface area (Å²) in [6.45, 7) is 9.48. The summed E-state index contributed by atoms with van der Waals surface area (Å²) in [4.78, 5) is 13.7. The van der Waals surface area contributed by atoms with Gasteiger partial charge in [0.1, 0.15) is 0 Å². The number of nitrogens with two attached hydrogens (primary N) is 1. The van der Waals surface area contributed by atoms with Crippen LogP contribution in [0.15, 0.2) is 0 Å². The quantitative estimate of drug-likeness (QED) is 0.606. The Morgan fingerprint density at radius 2 is 1.92 bits per heavy atom. The van der Waals surface area contributed by atoms with Gasteiger partial charge in [-0.3, -0.25) is 4.79 Å². The normalized spacial score (nSPS) is 29.5. The van der Waals surface area contributed by atoms with Crippen LogP contribution < -0.4 is 5.73 Å². The van der Waals surface area contributed by atoms with E-state index >= 15 is 0 Å². The van der Waals surface area contributed by atoms with Crippen molar-refractivity contribution in [2.24, 2.45) is 17.1 Å². The van der Waals surface area contributed by atoms with Gasteiger partial charge in [-0.2, -0.15) is 0 Å². The third kappa shape index (κ3) is 2.21. The molecule has 1 amide bonds. The minimum Gasteiger partial charge on any atom is -0.340 e. The van der Waals surface area contributed by atoms with Gasteiger partial charge in [0, 0.05) is 24.5 Å². The summed E-state index contributed by atoms with van der Waals surface area (Å²) < 4.78 is 0. The fourth-order valence-electron chi connectivity index (χ4n) is 1.63. The third-order valence-electron chi connectivity index (χ3n) is 2.60. The fraction of sp³-hybridized carbons (Fsp3) is 0.900. The summed E-state index contributed by atoms with van der Waals surface area (Å²) >= 11 is 0. The molecule has 2 N–H and O–H groups in total. The molecule has 0 radical (unpaired) electrons. The highest BCUT2D eigenvalue weighted by molar-refractivity contribution is 5.81. The number of likely N-dealkylation sites (tertiary alicyclic amines) is 1. The zero-order chi connectivity index (χ0) is 10.2. The number of hydrogen-bond donors (Lipinski definition) is 1. The first-order chi connectivity index (χ1) is 5.82. The van der Waals surface area contributed by atoms with Gasteiger partial charge in [-0.25, -0.2) is 0 Å². The predicted octanol–water partition coefficient (Wildman–Crippen LogP) is 0.838. The molecule has 2 atom stereocenters. The number of amides is 1. The van der Waals surface area contributed by atoms with Crippen LogP contribution in [0.1, 0.15) is 27.7 Å². The van der Waals surface area contributed by atoms with Gasteiger partial charge in [-0.15, -0.1) is 0 Å². The smallest absolute Gasteiger partial charge is 0.228 e. The number of carbonyl (C=O) groups excluding carboxylic acids is 1. The average Bonchev–Trinajstić information content (AvgIpc) is 2.29. The van der Waals surface area contributed by atoms with E-state index in [0.717, 1.165) is 13.1 Å². The molecule has 0 aromatic rings. The first kappa shape index (κ1) is 10.5. The van der Waals surface area contributed by atoms with E-state index in [-0.39, 0.29) is 17.4 Å². The van der Waals surface area contributed by atoms with Crippen LogP contribution in [0.4, 0.5) is 0 Å². The van der Waals surface area contributed by atoms with Gasteiger partial charge >= 0.3 is 0 Å². The van der Waals surface area contributed by atoms with Crippen LogP contribution in [0.25, 0.3) is 0 Å². The van der Waals surface area contributed by atoms with Gasteiger partial charge in [-0.1, -0.05) is 27.7 Å². The van der Waals surface area contributed by atoms with Crippen molar-refractivity contribution in [1.82, 2.24) is 4.90 Å². The Morgan fingerprint density at radius 1 is 1.38 bits per heavy atom. The Labute approximate surface area is 80.3 Å². The molecule has 1 aliphatic rings. The molecule has 0 spiro atoms. The second-order valence-corrected chi connectivity index (χ2v) is 5.10. The molecular weight excluding hydrogens is 164 g/mol. The second kappa shape index (κ2) is 3.29. The summed E-state index contributed by atoms with van der Waals surface area (Å²) in [5, 5.41) is 0. The van der Waals surface area contributed by atoms with Crippen molar-refractivity contribution in [2.75, 3.05) is 13.1 Å². The summed E-state index contributed by atoms with van der Waals surface area (Å²) in [6, 6.07) is 0.159. The predicted molar refractivity (Wildman–Crippen MR) is 53.2 cm³/mol. The van der Waals surface area contributed by atoms with E-state index in [0.29, 0.717) is 5.92 Å². The summed E-state index contributed by atoms with van der Waals surface area (Å²) in [7, 11) is 0. The Balaban J connectivity index is 2.61. The highest BCUT2D eigenvalue weighted by Gasteiger charge is 2.34. The molecule has 76 valence electrons. The number of hydrogen-bond acceptors (Lipinski definition) is 2. The van der Waals surface area contributed by atoms with Gasteiger partial charge in [0.05, 0.1) is 0 Å². The zero-order valence-electron chi connectivity index (χ0n) is 9.00. The van der Waals surface area contributed by atoms with Gasteiger partial charge in [0.15, 0.2) is 0 Å². The Morgan fingerprint density at radius 3 is 2.23 bits per heavy atom. The van der Waals surface area contributed by atoms with Crippen molar-refractivity contribution < 1.29 is 4.79 Å². The number of rotatable bonds is 0. The van der Waals surface area contributed by atoms with Crippen LogP contribution in [-0.2, 0) is 4.79 Å². The van der Waals surface area contributed by atoms with E-state index in [1.165, 1.54) is 0 Å². The minimum absolute atomic E-state index is 0.159. The molecule has 1 saturated heterocycles. The first-order valence-electron chi connectivity index (χ1n) is 4.87. The lowest BCUT2D eigenvalue weighted by molar-refractivity contribution is -0.138. The van der Waals surface area contributed by atoms with Gasteiger partial charge in [0.25, 0.3) is 0 Å². The summed E-state index contributed by atoms with van der Waals surface area (Å²) in [6.07, 6.45) is 0. The van der Waals surface area contributed by atoms with Crippen molar-refractivity contribution >= 4 is 5.91 Å². The largest absolute Gasteiger partial charge is 0.340 e. The maximum Gasteiger partial charge on any atom is 0.228 e. The molecule has 0 aliphatic carbocycles. The molecule has 0 aromatic heterocycles. The number of nitrogens with zero attached hydrogens (tertiary/aromatic N) is 1. The van der Waals surface area contributed by atoms with Crippen molar-refractivity contribution in [1.29, 1.82) is 0 Å². The molecule has 1 fully saturated rings. The Bertz CT molecular complexity index is 197. The van der Waals surface area contributed by atoms with E-state index in [9.17, 15) is 4.79 Å². The standard InChI is InChI=1S/C10H20N2O/c1-7-5-12(6-8(7)11)9(13)10(2,3)4/h7-8H,5-6,11H2,1-4H3. The van der Waals surface area contributed by atoms with E-state index in [2.05, 4.69) is 6.92 Å². The maximum absolute atomic E-state index is 11.8. The SMILES string of the molecule is CC1CN(C(=O)C(C)(C)C)CC1N. The van der Waals surface area contributed by atoms with Crippen LogP contribution in [0, 0.1) is 11.3 Å². The molecule has 1 aliphatic heterocycles. The van der Waals surface area contributed by atoms with Crippen molar-refractivity contribution in [3.63, 3.8) is 0 Å². The van der Waals surface area contributed by atoms with Crippen LogP contribution in [0.5, 0.6) is 0 Å². The Kier molecular flexibility index (Phi) is 2.66. The van der Waals surface area contributed by atoms with Crippen LogP contribution >= 0.6 is 0 Å². The Hall–Kier alpha value is -0.570.